The molecule has 152 valence electrons. The molecule has 0 saturated carbocycles. The molecular weight excluding hydrogens is 396 g/mol. The van der Waals surface area contributed by atoms with Crippen LogP contribution in [0, 0.1) is 0 Å². The van der Waals surface area contributed by atoms with Gasteiger partial charge in [-0.1, -0.05) is 60.7 Å². The fourth-order valence-electron chi connectivity index (χ4n) is 3.95. The van der Waals surface area contributed by atoms with Crippen LogP contribution in [-0.2, 0) is 0 Å². The average molecular weight is 414 g/mol. The maximum absolute atomic E-state index is 4.65. The van der Waals surface area contributed by atoms with Crippen molar-refractivity contribution in [3.05, 3.63) is 110 Å². The van der Waals surface area contributed by atoms with E-state index in [0.717, 1.165) is 45.3 Å². The molecule has 0 radical (unpaired) electrons. The summed E-state index contributed by atoms with van der Waals surface area (Å²) in [6, 6.07) is 32.3. The van der Waals surface area contributed by atoms with Crippen molar-refractivity contribution in [1.29, 1.82) is 0 Å². The Morgan fingerprint density at radius 3 is 2.16 bits per heavy atom. The Labute approximate surface area is 184 Å². The predicted octanol–water partition coefficient (Wildman–Crippen LogP) is 5.34. The zero-order chi connectivity index (χ0) is 21.3. The normalized spacial score (nSPS) is 11.1. The van der Waals surface area contributed by atoms with Gasteiger partial charge in [0.1, 0.15) is 11.8 Å². The van der Waals surface area contributed by atoms with Gasteiger partial charge >= 0.3 is 0 Å². The molecule has 0 fully saturated rings. The maximum Gasteiger partial charge on any atom is 0.170 e. The van der Waals surface area contributed by atoms with Crippen LogP contribution in [0.25, 0.3) is 45.3 Å². The van der Waals surface area contributed by atoms with Crippen LogP contribution in [0.5, 0.6) is 0 Å². The Morgan fingerprint density at radius 1 is 0.594 bits per heavy atom. The van der Waals surface area contributed by atoms with Crippen LogP contribution < -0.4 is 0 Å². The van der Waals surface area contributed by atoms with Crippen molar-refractivity contribution in [2.75, 3.05) is 0 Å². The van der Waals surface area contributed by atoms with E-state index in [-0.39, 0.29) is 0 Å². The van der Waals surface area contributed by atoms with Crippen molar-refractivity contribution in [3.8, 4) is 34.2 Å². The van der Waals surface area contributed by atoms with E-state index in [0.29, 0.717) is 0 Å². The number of para-hydroxylation sites is 2. The molecule has 0 atom stereocenters. The summed E-state index contributed by atoms with van der Waals surface area (Å²) in [4.78, 5) is 9.06. The Morgan fingerprint density at radius 2 is 1.31 bits per heavy atom. The highest BCUT2D eigenvalue weighted by Gasteiger charge is 2.20. The zero-order valence-corrected chi connectivity index (χ0v) is 17.1. The largest absolute Gasteiger partial charge is 0.283 e. The lowest BCUT2D eigenvalue weighted by Crippen LogP contribution is -2.03. The minimum absolute atomic E-state index is 0.753. The van der Waals surface area contributed by atoms with Gasteiger partial charge in [0.05, 0.1) is 5.69 Å². The summed E-state index contributed by atoms with van der Waals surface area (Å²) in [6.45, 7) is 0. The number of pyridine rings is 1. The molecule has 0 aliphatic rings. The number of benzene rings is 3. The molecule has 0 N–H and O–H groups in total. The third-order valence-corrected chi connectivity index (χ3v) is 5.42. The fourth-order valence-corrected chi connectivity index (χ4v) is 3.95. The van der Waals surface area contributed by atoms with E-state index in [1.165, 1.54) is 0 Å². The molecule has 6 aromatic rings. The Bertz CT molecular complexity index is 1520. The lowest BCUT2D eigenvalue weighted by molar-refractivity contribution is 1.04. The van der Waals surface area contributed by atoms with Crippen molar-refractivity contribution in [2.45, 2.75) is 0 Å². The first-order valence-corrected chi connectivity index (χ1v) is 10.3. The molecule has 0 spiro atoms. The summed E-state index contributed by atoms with van der Waals surface area (Å²) in [5.41, 5.74) is 5.52. The second-order valence-corrected chi connectivity index (χ2v) is 7.36. The van der Waals surface area contributed by atoms with Crippen LogP contribution in [0.15, 0.2) is 110 Å². The molecule has 3 heterocycles. The molecule has 3 aromatic heterocycles. The first kappa shape index (κ1) is 18.2. The van der Waals surface area contributed by atoms with Gasteiger partial charge in [0.15, 0.2) is 17.3 Å². The molecule has 0 bridgehead atoms. The number of hydrogen-bond donors (Lipinski definition) is 0. The van der Waals surface area contributed by atoms with Gasteiger partial charge in [-0.25, -0.2) is 9.97 Å². The molecule has 32 heavy (non-hydrogen) atoms. The molecule has 0 unspecified atom stereocenters. The summed E-state index contributed by atoms with van der Waals surface area (Å²) in [5, 5.41) is 9.24. The van der Waals surface area contributed by atoms with Crippen molar-refractivity contribution >= 4 is 11.2 Å². The Kier molecular flexibility index (Phi) is 4.32. The summed E-state index contributed by atoms with van der Waals surface area (Å²) in [6.07, 6.45) is 3.58. The number of imidazole rings is 1. The van der Waals surface area contributed by atoms with E-state index in [9.17, 15) is 0 Å². The van der Waals surface area contributed by atoms with Crippen molar-refractivity contribution in [3.63, 3.8) is 0 Å². The van der Waals surface area contributed by atoms with E-state index in [2.05, 4.69) is 49.0 Å². The topological polar surface area (TPSA) is 61.4 Å². The molecule has 0 aliphatic carbocycles. The zero-order valence-electron chi connectivity index (χ0n) is 17.1. The highest BCUT2D eigenvalue weighted by molar-refractivity contribution is 5.78. The third kappa shape index (κ3) is 2.97. The highest BCUT2D eigenvalue weighted by Crippen LogP contribution is 2.32. The van der Waals surface area contributed by atoms with Crippen LogP contribution in [0.1, 0.15) is 0 Å². The quantitative estimate of drug-likeness (QED) is 0.391. The average Bonchev–Trinajstić information content (AvgIpc) is 3.50. The van der Waals surface area contributed by atoms with Crippen LogP contribution in [0.2, 0.25) is 0 Å². The molecule has 0 saturated heterocycles. The monoisotopic (exact) mass is 414 g/mol. The summed E-state index contributed by atoms with van der Waals surface area (Å²) in [5.74, 6) is 1.54. The van der Waals surface area contributed by atoms with Gasteiger partial charge in [-0.05, 0) is 36.4 Å². The number of hydrogen-bond acceptors (Lipinski definition) is 4. The van der Waals surface area contributed by atoms with E-state index < -0.39 is 0 Å². The number of rotatable bonds is 4. The SMILES string of the molecule is c1ccc(-c2nnc(-c3ccccc3-n3cnc4cccnc43)n2-c2ccccc2)cc1. The van der Waals surface area contributed by atoms with E-state index in [1.54, 1.807) is 12.5 Å². The lowest BCUT2D eigenvalue weighted by atomic mass is 10.1. The van der Waals surface area contributed by atoms with Gasteiger partial charge in [0, 0.05) is 23.0 Å². The summed E-state index contributed by atoms with van der Waals surface area (Å²) >= 11 is 0. The molecule has 6 nitrogen and oxygen atoms in total. The minimum atomic E-state index is 0.753. The minimum Gasteiger partial charge on any atom is -0.283 e. The fraction of sp³-hybridized carbons (Fsp3) is 0. The van der Waals surface area contributed by atoms with Crippen molar-refractivity contribution in [1.82, 2.24) is 29.3 Å². The Hall–Kier alpha value is -4.58. The van der Waals surface area contributed by atoms with Gasteiger partial charge in [-0.3, -0.25) is 9.13 Å². The van der Waals surface area contributed by atoms with Gasteiger partial charge in [-0.2, -0.15) is 0 Å². The van der Waals surface area contributed by atoms with Gasteiger partial charge in [0.2, 0.25) is 0 Å². The van der Waals surface area contributed by atoms with Crippen molar-refractivity contribution in [2.24, 2.45) is 0 Å². The number of fused-ring (bicyclic) bond motifs is 1. The summed E-state index contributed by atoms with van der Waals surface area (Å²) < 4.78 is 4.09. The van der Waals surface area contributed by atoms with E-state index >= 15 is 0 Å². The molecular formula is C26H18N6. The summed E-state index contributed by atoms with van der Waals surface area (Å²) in [7, 11) is 0. The molecule has 6 heteroatoms. The Balaban J connectivity index is 1.62. The van der Waals surface area contributed by atoms with Crippen molar-refractivity contribution < 1.29 is 0 Å². The third-order valence-electron chi connectivity index (χ3n) is 5.42. The van der Waals surface area contributed by atoms with Gasteiger partial charge < -0.3 is 0 Å². The second kappa shape index (κ2) is 7.59. The highest BCUT2D eigenvalue weighted by atomic mass is 15.3. The van der Waals surface area contributed by atoms with Crippen LogP contribution in [0.3, 0.4) is 0 Å². The van der Waals surface area contributed by atoms with Gasteiger partial charge in [-0.15, -0.1) is 10.2 Å². The van der Waals surface area contributed by atoms with Gasteiger partial charge in [0.25, 0.3) is 0 Å². The van der Waals surface area contributed by atoms with Crippen LogP contribution in [0.4, 0.5) is 0 Å². The first-order chi connectivity index (χ1) is 15.9. The predicted molar refractivity (Wildman–Crippen MR) is 125 cm³/mol. The van der Waals surface area contributed by atoms with E-state index in [1.807, 2.05) is 77.4 Å². The maximum atomic E-state index is 4.65. The number of aromatic nitrogens is 6. The number of nitrogens with zero attached hydrogens (tertiary/aromatic N) is 6. The first-order valence-electron chi connectivity index (χ1n) is 10.3. The molecule has 6 rings (SSSR count). The molecule has 0 aliphatic heterocycles. The standard InChI is InChI=1S/C26H18N6/c1-3-10-19(11-4-1)24-29-30-25(32(24)20-12-5-2-6-13-20)21-14-7-8-16-23(21)31-18-28-22-15-9-17-27-26(22)31/h1-18H. The smallest absolute Gasteiger partial charge is 0.170 e. The van der Waals surface area contributed by atoms with Crippen LogP contribution in [-0.4, -0.2) is 29.3 Å². The molecule has 0 amide bonds. The molecule has 3 aromatic carbocycles. The van der Waals surface area contributed by atoms with Crippen LogP contribution >= 0.6 is 0 Å². The lowest BCUT2D eigenvalue weighted by Gasteiger charge is -2.14. The van der Waals surface area contributed by atoms with E-state index in [4.69, 9.17) is 0 Å². The second-order valence-electron chi connectivity index (χ2n) is 7.36.